The van der Waals surface area contributed by atoms with Crippen molar-refractivity contribution >= 4 is 5.97 Å². The van der Waals surface area contributed by atoms with Gasteiger partial charge in [-0.05, 0) is 6.07 Å². The van der Waals surface area contributed by atoms with Crippen molar-refractivity contribution in [2.45, 2.75) is 0 Å². The van der Waals surface area contributed by atoms with Crippen LogP contribution in [0.5, 0.6) is 17.2 Å². The van der Waals surface area contributed by atoms with Crippen molar-refractivity contribution in [3.63, 3.8) is 0 Å². The molecule has 0 atom stereocenters. The molecule has 1 aromatic carbocycles. The molecule has 0 amide bonds. The SMILES string of the molecule is C[N+](C)(C)CCOc1cc(O)cc(C(=O)O)c1[O-]. The molecule has 0 saturated carbocycles. The minimum Gasteiger partial charge on any atom is -0.869 e. The number of aromatic carboxylic acids is 1. The quantitative estimate of drug-likeness (QED) is 0.736. The Bertz CT molecular complexity index is 451. The Labute approximate surface area is 105 Å². The second kappa shape index (κ2) is 5.14. The molecular weight excluding hydrogens is 238 g/mol. The molecule has 1 rings (SSSR count). The number of ether oxygens (including phenoxy) is 1. The third kappa shape index (κ3) is 3.81. The van der Waals surface area contributed by atoms with Gasteiger partial charge in [0, 0.05) is 6.07 Å². The Morgan fingerprint density at radius 1 is 1.39 bits per heavy atom. The number of carbonyl (C=O) groups is 1. The largest absolute Gasteiger partial charge is 0.869 e. The molecule has 0 heterocycles. The lowest BCUT2D eigenvalue weighted by Crippen LogP contribution is -2.38. The third-order valence-electron chi connectivity index (χ3n) is 2.29. The van der Waals surface area contributed by atoms with Gasteiger partial charge in [-0.25, -0.2) is 4.79 Å². The molecule has 0 aliphatic carbocycles. The minimum atomic E-state index is -1.38. The molecule has 0 unspecified atom stereocenters. The first kappa shape index (κ1) is 14.1. The Morgan fingerprint density at radius 3 is 2.50 bits per heavy atom. The van der Waals surface area contributed by atoms with Crippen molar-refractivity contribution in [3.8, 4) is 17.2 Å². The van der Waals surface area contributed by atoms with E-state index in [4.69, 9.17) is 9.84 Å². The maximum absolute atomic E-state index is 11.7. The molecule has 2 N–H and O–H groups in total. The molecular formula is C12H17NO5. The second-order valence-corrected chi connectivity index (χ2v) is 4.99. The summed E-state index contributed by atoms with van der Waals surface area (Å²) in [6.07, 6.45) is 0. The fourth-order valence-electron chi connectivity index (χ4n) is 1.28. The summed E-state index contributed by atoms with van der Waals surface area (Å²) in [4.78, 5) is 10.8. The normalized spacial score (nSPS) is 11.3. The molecule has 6 heteroatoms. The number of phenols is 1. The van der Waals surface area contributed by atoms with Gasteiger partial charge in [0.1, 0.15) is 24.7 Å². The van der Waals surface area contributed by atoms with Gasteiger partial charge in [0.15, 0.2) is 0 Å². The van der Waals surface area contributed by atoms with Crippen LogP contribution in [0, 0.1) is 0 Å². The van der Waals surface area contributed by atoms with Gasteiger partial charge in [-0.15, -0.1) is 0 Å². The Kier molecular flexibility index (Phi) is 4.03. The summed E-state index contributed by atoms with van der Waals surface area (Å²) >= 11 is 0. The molecule has 6 nitrogen and oxygen atoms in total. The average molecular weight is 255 g/mol. The first-order valence-corrected chi connectivity index (χ1v) is 5.41. The Morgan fingerprint density at radius 2 is 2.00 bits per heavy atom. The number of carboxylic acids is 1. The maximum Gasteiger partial charge on any atom is 0.335 e. The highest BCUT2D eigenvalue weighted by Crippen LogP contribution is 2.32. The van der Waals surface area contributed by atoms with Crippen LogP contribution in [0.25, 0.3) is 0 Å². The van der Waals surface area contributed by atoms with Crippen LogP contribution in [0.1, 0.15) is 10.4 Å². The minimum absolute atomic E-state index is 0.138. The summed E-state index contributed by atoms with van der Waals surface area (Å²) in [6.45, 7) is 0.915. The zero-order valence-electron chi connectivity index (χ0n) is 10.6. The van der Waals surface area contributed by atoms with E-state index in [1.54, 1.807) is 0 Å². The Balaban J connectivity index is 2.86. The van der Waals surface area contributed by atoms with E-state index in [0.29, 0.717) is 11.0 Å². The smallest absolute Gasteiger partial charge is 0.335 e. The topological polar surface area (TPSA) is 89.8 Å². The highest BCUT2D eigenvalue weighted by Gasteiger charge is 2.12. The van der Waals surface area contributed by atoms with Gasteiger partial charge in [0.05, 0.1) is 26.7 Å². The number of aromatic hydroxyl groups is 1. The van der Waals surface area contributed by atoms with Gasteiger partial charge in [-0.1, -0.05) is 5.75 Å². The molecule has 0 radical (unpaired) electrons. The van der Waals surface area contributed by atoms with Crippen molar-refractivity contribution < 1.29 is 29.3 Å². The van der Waals surface area contributed by atoms with Crippen LogP contribution in [0.3, 0.4) is 0 Å². The summed E-state index contributed by atoms with van der Waals surface area (Å²) in [5, 5.41) is 29.8. The van der Waals surface area contributed by atoms with Crippen molar-refractivity contribution in [1.29, 1.82) is 0 Å². The van der Waals surface area contributed by atoms with Gasteiger partial charge in [0.25, 0.3) is 0 Å². The van der Waals surface area contributed by atoms with E-state index in [-0.39, 0.29) is 18.1 Å². The second-order valence-electron chi connectivity index (χ2n) is 4.99. The fraction of sp³-hybridized carbons (Fsp3) is 0.417. The van der Waals surface area contributed by atoms with Crippen LogP contribution in [-0.4, -0.2) is 55.0 Å². The van der Waals surface area contributed by atoms with Crippen LogP contribution in [0.4, 0.5) is 0 Å². The summed E-state index contributed by atoms with van der Waals surface area (Å²) < 4.78 is 5.88. The maximum atomic E-state index is 11.7. The number of hydrogen-bond donors (Lipinski definition) is 2. The van der Waals surface area contributed by atoms with Crippen molar-refractivity contribution in [2.75, 3.05) is 34.3 Å². The number of rotatable bonds is 5. The van der Waals surface area contributed by atoms with E-state index < -0.39 is 17.3 Å². The summed E-state index contributed by atoms with van der Waals surface area (Å²) in [7, 11) is 5.89. The third-order valence-corrected chi connectivity index (χ3v) is 2.29. The van der Waals surface area contributed by atoms with Crippen LogP contribution in [0.15, 0.2) is 12.1 Å². The highest BCUT2D eigenvalue weighted by atomic mass is 16.5. The van der Waals surface area contributed by atoms with E-state index in [2.05, 4.69) is 0 Å². The van der Waals surface area contributed by atoms with Crippen molar-refractivity contribution in [2.24, 2.45) is 0 Å². The number of quaternary nitrogens is 1. The fourth-order valence-corrected chi connectivity index (χ4v) is 1.28. The molecule has 100 valence electrons. The number of nitrogens with zero attached hydrogens (tertiary/aromatic N) is 1. The predicted molar refractivity (Wildman–Crippen MR) is 62.9 cm³/mol. The van der Waals surface area contributed by atoms with E-state index >= 15 is 0 Å². The molecule has 1 aromatic rings. The molecule has 0 saturated heterocycles. The molecule has 0 aliphatic rings. The summed E-state index contributed by atoms with van der Waals surface area (Å²) in [6, 6.07) is 2.04. The predicted octanol–water partition coefficient (Wildman–Crippen LogP) is 0.249. The highest BCUT2D eigenvalue weighted by molar-refractivity contribution is 5.92. The van der Waals surface area contributed by atoms with Crippen molar-refractivity contribution in [1.82, 2.24) is 0 Å². The lowest BCUT2D eigenvalue weighted by molar-refractivity contribution is -0.870. The van der Waals surface area contributed by atoms with Gasteiger partial charge in [0.2, 0.25) is 0 Å². The van der Waals surface area contributed by atoms with Crippen molar-refractivity contribution in [3.05, 3.63) is 17.7 Å². The summed E-state index contributed by atoms with van der Waals surface area (Å²) in [5.41, 5.74) is -0.491. The first-order chi connectivity index (χ1) is 8.20. The average Bonchev–Trinajstić information content (AvgIpc) is 2.20. The van der Waals surface area contributed by atoms with Crippen LogP contribution >= 0.6 is 0 Å². The zero-order valence-corrected chi connectivity index (χ0v) is 10.6. The zero-order chi connectivity index (χ0) is 13.9. The summed E-state index contributed by atoms with van der Waals surface area (Å²) in [5.74, 6) is -2.54. The van der Waals surface area contributed by atoms with E-state index in [9.17, 15) is 15.0 Å². The standard InChI is InChI=1S/C12H17NO5/c1-13(2,3)4-5-18-10-7-8(14)6-9(11(10)15)12(16)17/h6-7H,4-5H2,1-3H3,(H2-,14,15,16,17). The van der Waals surface area contributed by atoms with Gasteiger partial charge >= 0.3 is 5.97 Å². The molecule has 18 heavy (non-hydrogen) atoms. The lowest BCUT2D eigenvalue weighted by Gasteiger charge is -2.24. The molecule has 0 aromatic heterocycles. The number of phenolic OH excluding ortho intramolecular Hbond substituents is 1. The molecule has 0 fully saturated rings. The molecule has 0 bridgehead atoms. The Hall–Kier alpha value is -1.95. The molecule has 0 spiro atoms. The monoisotopic (exact) mass is 255 g/mol. The van der Waals surface area contributed by atoms with Gasteiger partial charge in [-0.2, -0.15) is 0 Å². The van der Waals surface area contributed by atoms with E-state index in [0.717, 1.165) is 12.1 Å². The lowest BCUT2D eigenvalue weighted by atomic mass is 10.2. The number of carboxylic acid groups (broad SMARTS) is 1. The van der Waals surface area contributed by atoms with Gasteiger partial charge < -0.3 is 24.5 Å². The van der Waals surface area contributed by atoms with E-state index in [1.165, 1.54) is 0 Å². The van der Waals surface area contributed by atoms with Gasteiger partial charge in [-0.3, -0.25) is 0 Å². The van der Waals surface area contributed by atoms with Crippen LogP contribution in [-0.2, 0) is 0 Å². The van der Waals surface area contributed by atoms with Crippen LogP contribution < -0.4 is 9.84 Å². The van der Waals surface area contributed by atoms with Crippen LogP contribution in [0.2, 0.25) is 0 Å². The first-order valence-electron chi connectivity index (χ1n) is 5.41. The number of benzene rings is 1. The number of likely N-dealkylation sites (N-methyl/N-ethyl adjacent to an activating group) is 1. The number of hydrogen-bond acceptors (Lipinski definition) is 4. The van der Waals surface area contributed by atoms with E-state index in [1.807, 2.05) is 21.1 Å². The molecule has 0 aliphatic heterocycles.